The molecule has 0 unspecified atom stereocenters. The molecule has 0 aliphatic rings. The van der Waals surface area contributed by atoms with E-state index in [1.54, 1.807) is 12.4 Å². The van der Waals surface area contributed by atoms with E-state index in [4.69, 9.17) is 34.1 Å². The number of aryl methyl sites for hydroxylation is 2. The molecule has 0 bridgehead atoms. The van der Waals surface area contributed by atoms with Gasteiger partial charge in [0.05, 0.1) is 17.2 Å². The summed E-state index contributed by atoms with van der Waals surface area (Å²) in [4.78, 5) is 4.11. The number of amidine groups is 2. The van der Waals surface area contributed by atoms with Crippen LogP contribution in [-0.4, -0.2) is 36.2 Å². The standard InChI is InChI=1S/C12H17N7O2S/c13-10(16-20)2-5-18-8-1-4-15-7-9(8)19(12(18)22)6-3-11(14)17-21/h1,4,7,20-21H,2-3,5-6H2,(H2,13,16)(H2,14,17). The minimum atomic E-state index is 0.128. The molecule has 0 atom stereocenters. The molecule has 2 heterocycles. The van der Waals surface area contributed by atoms with Crippen molar-refractivity contribution in [3.8, 4) is 0 Å². The molecule has 2 aromatic rings. The summed E-state index contributed by atoms with van der Waals surface area (Å²) >= 11 is 5.48. The quantitative estimate of drug-likeness (QED) is 0.204. The fraction of sp³-hybridized carbons (Fsp3) is 0.333. The van der Waals surface area contributed by atoms with E-state index in [0.29, 0.717) is 30.7 Å². The summed E-state index contributed by atoms with van der Waals surface area (Å²) in [6, 6.07) is 1.84. The number of aromatic nitrogens is 3. The van der Waals surface area contributed by atoms with E-state index in [1.807, 2.05) is 15.2 Å². The third-order valence-electron chi connectivity index (χ3n) is 3.26. The molecule has 6 N–H and O–H groups in total. The fourth-order valence-electron chi connectivity index (χ4n) is 2.15. The topological polar surface area (TPSA) is 140 Å². The van der Waals surface area contributed by atoms with E-state index in [-0.39, 0.29) is 11.7 Å². The summed E-state index contributed by atoms with van der Waals surface area (Å²) in [7, 11) is 0. The summed E-state index contributed by atoms with van der Waals surface area (Å²) < 4.78 is 4.32. The molecule has 0 fully saturated rings. The van der Waals surface area contributed by atoms with E-state index in [9.17, 15) is 0 Å². The summed E-state index contributed by atoms with van der Waals surface area (Å²) in [5.41, 5.74) is 12.8. The van der Waals surface area contributed by atoms with Gasteiger partial charge in [0, 0.05) is 32.1 Å². The van der Waals surface area contributed by atoms with Crippen molar-refractivity contribution in [3.63, 3.8) is 0 Å². The number of nitrogens with two attached hydrogens (primary N) is 2. The lowest BCUT2D eigenvalue weighted by atomic mass is 10.3. The number of rotatable bonds is 6. The highest BCUT2D eigenvalue weighted by molar-refractivity contribution is 7.71. The van der Waals surface area contributed by atoms with Gasteiger partial charge in [0.1, 0.15) is 11.7 Å². The highest BCUT2D eigenvalue weighted by Gasteiger charge is 2.11. The molecule has 2 rings (SSSR count). The van der Waals surface area contributed by atoms with Crippen LogP contribution < -0.4 is 11.5 Å². The average Bonchev–Trinajstić information content (AvgIpc) is 2.81. The lowest BCUT2D eigenvalue weighted by Gasteiger charge is -2.04. The van der Waals surface area contributed by atoms with Crippen molar-refractivity contribution in [1.82, 2.24) is 14.1 Å². The van der Waals surface area contributed by atoms with Gasteiger partial charge in [-0.2, -0.15) is 0 Å². The third kappa shape index (κ3) is 3.17. The number of fused-ring (bicyclic) bond motifs is 1. The first kappa shape index (κ1) is 15.8. The van der Waals surface area contributed by atoms with Crippen molar-refractivity contribution in [3.05, 3.63) is 23.2 Å². The van der Waals surface area contributed by atoms with Gasteiger partial charge in [0.2, 0.25) is 0 Å². The summed E-state index contributed by atoms with van der Waals surface area (Å²) in [5, 5.41) is 23.2. The Morgan fingerprint density at radius 3 is 2.18 bits per heavy atom. The van der Waals surface area contributed by atoms with Crippen molar-refractivity contribution in [2.75, 3.05) is 0 Å². The van der Waals surface area contributed by atoms with Crippen molar-refractivity contribution in [2.24, 2.45) is 21.8 Å². The second kappa shape index (κ2) is 6.89. The van der Waals surface area contributed by atoms with Crippen LogP contribution in [0.4, 0.5) is 0 Å². The minimum absolute atomic E-state index is 0.128. The Morgan fingerprint density at radius 2 is 1.64 bits per heavy atom. The van der Waals surface area contributed by atoms with Gasteiger partial charge in [-0.05, 0) is 18.3 Å². The van der Waals surface area contributed by atoms with Crippen molar-refractivity contribution >= 4 is 34.9 Å². The lowest BCUT2D eigenvalue weighted by Crippen LogP contribution is -2.16. The van der Waals surface area contributed by atoms with Gasteiger partial charge in [-0.3, -0.25) is 4.98 Å². The van der Waals surface area contributed by atoms with Gasteiger partial charge in [-0.25, -0.2) is 0 Å². The number of hydrogen-bond donors (Lipinski definition) is 4. The highest BCUT2D eigenvalue weighted by atomic mass is 32.1. The SMILES string of the molecule is N/C(CCn1c(=S)n(CC/C(N)=N/O)c2cnccc21)=N\O. The van der Waals surface area contributed by atoms with Crippen LogP contribution >= 0.6 is 12.2 Å². The maximum atomic E-state index is 8.63. The van der Waals surface area contributed by atoms with Crippen molar-refractivity contribution in [2.45, 2.75) is 25.9 Å². The Balaban J connectivity index is 2.40. The smallest absolute Gasteiger partial charge is 0.180 e. The number of oxime groups is 2. The Bertz CT molecular complexity index is 715. The number of pyridine rings is 1. The normalized spacial score (nSPS) is 12.9. The molecule has 0 aliphatic heterocycles. The maximum Gasteiger partial charge on any atom is 0.180 e. The first-order valence-corrected chi connectivity index (χ1v) is 6.95. The molecule has 0 spiro atoms. The second-order valence-electron chi connectivity index (χ2n) is 4.63. The van der Waals surface area contributed by atoms with Crippen LogP contribution in [0.2, 0.25) is 0 Å². The van der Waals surface area contributed by atoms with E-state index in [0.717, 1.165) is 11.0 Å². The van der Waals surface area contributed by atoms with Crippen LogP contribution in [0.15, 0.2) is 28.8 Å². The first-order chi connectivity index (χ1) is 10.6. The summed E-state index contributed by atoms with van der Waals surface area (Å²) in [6.07, 6.45) is 4.11. The predicted octanol–water partition coefficient (Wildman–Crippen LogP) is 0.840. The molecular formula is C12H17N7O2S. The van der Waals surface area contributed by atoms with Gasteiger partial charge in [-0.15, -0.1) is 0 Å². The largest absolute Gasteiger partial charge is 0.409 e. The molecule has 0 saturated heterocycles. The van der Waals surface area contributed by atoms with Crippen molar-refractivity contribution in [1.29, 1.82) is 0 Å². The Hall–Kier alpha value is -2.62. The van der Waals surface area contributed by atoms with Gasteiger partial charge in [0.15, 0.2) is 4.77 Å². The van der Waals surface area contributed by atoms with Crippen LogP contribution in [0, 0.1) is 4.77 Å². The molecular weight excluding hydrogens is 306 g/mol. The van der Waals surface area contributed by atoms with Gasteiger partial charge < -0.3 is 31.0 Å². The fourth-order valence-corrected chi connectivity index (χ4v) is 2.53. The number of imidazole rings is 1. The molecule has 22 heavy (non-hydrogen) atoms. The third-order valence-corrected chi connectivity index (χ3v) is 3.70. The van der Waals surface area contributed by atoms with E-state index in [1.165, 1.54) is 0 Å². The monoisotopic (exact) mass is 323 g/mol. The van der Waals surface area contributed by atoms with Crippen LogP contribution in [-0.2, 0) is 13.1 Å². The zero-order valence-electron chi connectivity index (χ0n) is 11.8. The van der Waals surface area contributed by atoms with Crippen molar-refractivity contribution < 1.29 is 10.4 Å². The zero-order valence-corrected chi connectivity index (χ0v) is 12.6. The van der Waals surface area contributed by atoms with Crippen LogP contribution in [0.25, 0.3) is 11.0 Å². The predicted molar refractivity (Wildman–Crippen MR) is 84.6 cm³/mol. The molecule has 10 heteroatoms. The zero-order chi connectivity index (χ0) is 16.1. The minimum Gasteiger partial charge on any atom is -0.409 e. The van der Waals surface area contributed by atoms with Gasteiger partial charge in [-0.1, -0.05) is 10.3 Å². The molecule has 0 radical (unpaired) electrons. The molecule has 2 aromatic heterocycles. The molecule has 0 aliphatic carbocycles. The van der Waals surface area contributed by atoms with Gasteiger partial charge >= 0.3 is 0 Å². The van der Waals surface area contributed by atoms with Gasteiger partial charge in [0.25, 0.3) is 0 Å². The molecule has 0 aromatic carbocycles. The Morgan fingerprint density at radius 1 is 1.09 bits per heavy atom. The van der Waals surface area contributed by atoms with E-state index in [2.05, 4.69) is 15.3 Å². The van der Waals surface area contributed by atoms with Crippen LogP contribution in [0.5, 0.6) is 0 Å². The Labute approximate surface area is 131 Å². The maximum absolute atomic E-state index is 8.63. The molecule has 118 valence electrons. The van der Waals surface area contributed by atoms with E-state index < -0.39 is 0 Å². The average molecular weight is 323 g/mol. The van der Waals surface area contributed by atoms with Crippen LogP contribution in [0.3, 0.4) is 0 Å². The number of nitrogens with zero attached hydrogens (tertiary/aromatic N) is 5. The number of hydrogen-bond acceptors (Lipinski definition) is 6. The second-order valence-corrected chi connectivity index (χ2v) is 5.00. The van der Waals surface area contributed by atoms with E-state index >= 15 is 0 Å². The molecule has 0 saturated carbocycles. The Kier molecular flexibility index (Phi) is 4.94. The summed E-state index contributed by atoms with van der Waals surface area (Å²) in [5.74, 6) is 0.261. The molecule has 9 nitrogen and oxygen atoms in total. The van der Waals surface area contributed by atoms with Crippen LogP contribution in [0.1, 0.15) is 12.8 Å². The highest BCUT2D eigenvalue weighted by Crippen LogP contribution is 2.18. The summed E-state index contributed by atoms with van der Waals surface area (Å²) in [6.45, 7) is 0.944. The first-order valence-electron chi connectivity index (χ1n) is 6.54. The molecule has 0 amide bonds. The lowest BCUT2D eigenvalue weighted by molar-refractivity contribution is 0.316.